The highest BCUT2D eigenvalue weighted by Gasteiger charge is 2.19. The van der Waals surface area contributed by atoms with Crippen LogP contribution in [0, 0.1) is 0 Å². The molecule has 11 heteroatoms. The summed E-state index contributed by atoms with van der Waals surface area (Å²) < 4.78 is 40.4. The van der Waals surface area contributed by atoms with Gasteiger partial charge in [-0.15, -0.1) is 0 Å². The lowest BCUT2D eigenvalue weighted by Crippen LogP contribution is -2.35. The van der Waals surface area contributed by atoms with E-state index in [2.05, 4.69) is 0 Å². The molecule has 0 bridgehead atoms. The molecule has 11 nitrogen and oxygen atoms in total. The Balaban J connectivity index is 3.50. The summed E-state index contributed by atoms with van der Waals surface area (Å²) in [6.45, 7) is 4.20. The van der Waals surface area contributed by atoms with Gasteiger partial charge < -0.3 is 43.6 Å². The van der Waals surface area contributed by atoms with Crippen LogP contribution in [0.5, 0.6) is 0 Å². The van der Waals surface area contributed by atoms with E-state index in [1.807, 2.05) is 0 Å². The molecule has 0 heterocycles. The Morgan fingerprint density at radius 2 is 1.00 bits per heavy atom. The summed E-state index contributed by atoms with van der Waals surface area (Å²) in [7, 11) is 3.19. The van der Waals surface area contributed by atoms with Gasteiger partial charge in [0.1, 0.15) is 19.3 Å². The molecule has 2 N–H and O–H groups in total. The maximum Gasteiger partial charge on any atom is 0.323 e. The van der Waals surface area contributed by atoms with Gasteiger partial charge in [-0.3, -0.25) is 9.59 Å². The lowest BCUT2D eigenvalue weighted by atomic mass is 10.2. The first-order chi connectivity index (χ1) is 14.1. The summed E-state index contributed by atoms with van der Waals surface area (Å²) in [4.78, 5) is 23.3. The fourth-order valence-corrected chi connectivity index (χ4v) is 1.77. The van der Waals surface area contributed by atoms with Crippen molar-refractivity contribution in [2.75, 3.05) is 93.5 Å². The van der Waals surface area contributed by atoms with E-state index < -0.39 is 18.0 Å². The molecule has 0 radical (unpaired) electrons. The molecular weight excluding hydrogens is 390 g/mol. The van der Waals surface area contributed by atoms with E-state index in [4.69, 9.17) is 43.6 Å². The maximum atomic E-state index is 11.7. The topological polar surface area (TPSA) is 134 Å². The molecule has 0 aromatic rings. The molecule has 0 aliphatic carbocycles. The number of methoxy groups -OCH3 is 2. The number of rotatable bonds is 21. The van der Waals surface area contributed by atoms with Gasteiger partial charge in [0.25, 0.3) is 0 Å². The normalized spacial score (nSPS) is 12.0. The highest BCUT2D eigenvalue weighted by atomic mass is 16.6. The zero-order valence-corrected chi connectivity index (χ0v) is 17.4. The minimum Gasteiger partial charge on any atom is -0.463 e. The average molecular weight is 425 g/mol. The monoisotopic (exact) mass is 425 g/mol. The van der Waals surface area contributed by atoms with E-state index in [1.54, 1.807) is 14.2 Å². The van der Waals surface area contributed by atoms with Gasteiger partial charge in [0.15, 0.2) is 0 Å². The largest absolute Gasteiger partial charge is 0.463 e. The van der Waals surface area contributed by atoms with Crippen molar-refractivity contribution < 1.29 is 47.5 Å². The SMILES string of the molecule is COCCOCCOCCOC(=O)C[C@H](N)C(=O)OCCOCCOCCOC. The summed E-state index contributed by atoms with van der Waals surface area (Å²) >= 11 is 0. The van der Waals surface area contributed by atoms with Crippen LogP contribution in [-0.2, 0) is 47.5 Å². The summed E-state index contributed by atoms with van der Waals surface area (Å²) in [5.41, 5.74) is 5.63. The van der Waals surface area contributed by atoms with E-state index in [0.717, 1.165) is 0 Å². The van der Waals surface area contributed by atoms with Gasteiger partial charge in [-0.2, -0.15) is 0 Å². The molecular formula is C18H35NO10. The first kappa shape index (κ1) is 27.7. The Bertz CT molecular complexity index is 397. The van der Waals surface area contributed by atoms with E-state index >= 15 is 0 Å². The van der Waals surface area contributed by atoms with Gasteiger partial charge in [0, 0.05) is 14.2 Å². The Morgan fingerprint density at radius 1 is 0.621 bits per heavy atom. The number of ether oxygens (including phenoxy) is 8. The van der Waals surface area contributed by atoms with E-state index in [1.165, 1.54) is 0 Å². The second-order valence-corrected chi connectivity index (χ2v) is 5.63. The van der Waals surface area contributed by atoms with Gasteiger partial charge in [0.2, 0.25) is 0 Å². The van der Waals surface area contributed by atoms with Crippen molar-refractivity contribution in [3.8, 4) is 0 Å². The predicted molar refractivity (Wildman–Crippen MR) is 102 cm³/mol. The van der Waals surface area contributed by atoms with Crippen LogP contribution in [-0.4, -0.2) is 111 Å². The molecule has 0 amide bonds. The standard InChI is InChI=1S/C18H35NO10/c1-22-3-5-24-7-9-26-11-13-28-17(20)15-16(19)18(21)29-14-12-27-10-8-25-6-4-23-2/h16H,3-15,19H2,1-2H3/t16-/m0/s1. The quantitative estimate of drug-likeness (QED) is 0.182. The van der Waals surface area contributed by atoms with Crippen LogP contribution in [0.3, 0.4) is 0 Å². The second-order valence-electron chi connectivity index (χ2n) is 5.63. The van der Waals surface area contributed by atoms with Crippen LogP contribution in [0.15, 0.2) is 0 Å². The highest BCUT2D eigenvalue weighted by Crippen LogP contribution is 1.96. The van der Waals surface area contributed by atoms with Gasteiger partial charge in [-0.25, -0.2) is 0 Å². The van der Waals surface area contributed by atoms with Crippen LogP contribution in [0.1, 0.15) is 6.42 Å². The van der Waals surface area contributed by atoms with Crippen molar-refractivity contribution in [2.45, 2.75) is 12.5 Å². The zero-order chi connectivity index (χ0) is 21.6. The molecule has 29 heavy (non-hydrogen) atoms. The van der Waals surface area contributed by atoms with E-state index in [9.17, 15) is 9.59 Å². The molecule has 0 aromatic heterocycles. The summed E-state index contributed by atoms with van der Waals surface area (Å²) in [5, 5.41) is 0. The van der Waals surface area contributed by atoms with Gasteiger partial charge in [-0.1, -0.05) is 0 Å². The molecule has 172 valence electrons. The zero-order valence-electron chi connectivity index (χ0n) is 17.4. The van der Waals surface area contributed by atoms with Gasteiger partial charge >= 0.3 is 11.9 Å². The molecule has 0 rings (SSSR count). The minimum absolute atomic E-state index is 0.0416. The number of nitrogens with two attached hydrogens (primary N) is 1. The molecule has 0 saturated carbocycles. The van der Waals surface area contributed by atoms with Crippen molar-refractivity contribution in [1.82, 2.24) is 0 Å². The van der Waals surface area contributed by atoms with Crippen LogP contribution < -0.4 is 5.73 Å². The fraction of sp³-hybridized carbons (Fsp3) is 0.889. The van der Waals surface area contributed by atoms with Gasteiger partial charge in [0.05, 0.1) is 72.5 Å². The molecule has 0 aliphatic rings. The first-order valence-corrected chi connectivity index (χ1v) is 9.48. The summed E-state index contributed by atoms with van der Waals surface area (Å²) in [5.74, 6) is -1.29. The third kappa shape index (κ3) is 19.7. The van der Waals surface area contributed by atoms with Crippen molar-refractivity contribution >= 4 is 11.9 Å². The van der Waals surface area contributed by atoms with Crippen molar-refractivity contribution in [3.05, 3.63) is 0 Å². The van der Waals surface area contributed by atoms with Crippen LogP contribution in [0.2, 0.25) is 0 Å². The van der Waals surface area contributed by atoms with Crippen molar-refractivity contribution in [2.24, 2.45) is 5.73 Å². The van der Waals surface area contributed by atoms with Crippen LogP contribution in [0.4, 0.5) is 0 Å². The number of esters is 2. The predicted octanol–water partition coefficient (Wildman–Crippen LogP) is -0.851. The third-order valence-electron chi connectivity index (χ3n) is 3.26. The average Bonchev–Trinajstić information content (AvgIpc) is 2.71. The number of hydrogen-bond donors (Lipinski definition) is 1. The molecule has 0 aromatic carbocycles. The van der Waals surface area contributed by atoms with Gasteiger partial charge in [-0.05, 0) is 0 Å². The Morgan fingerprint density at radius 3 is 1.45 bits per heavy atom. The molecule has 0 spiro atoms. The molecule has 0 saturated heterocycles. The molecule has 0 aliphatic heterocycles. The summed E-state index contributed by atoms with van der Waals surface area (Å²) in [6.07, 6.45) is -0.271. The van der Waals surface area contributed by atoms with E-state index in [0.29, 0.717) is 52.9 Å². The molecule has 0 unspecified atom stereocenters. The Kier molecular flexibility index (Phi) is 20.4. The number of hydrogen-bond acceptors (Lipinski definition) is 11. The fourth-order valence-electron chi connectivity index (χ4n) is 1.77. The highest BCUT2D eigenvalue weighted by molar-refractivity contribution is 5.82. The smallest absolute Gasteiger partial charge is 0.323 e. The van der Waals surface area contributed by atoms with E-state index in [-0.39, 0.29) is 32.8 Å². The number of carbonyl (C=O) groups is 2. The number of carbonyl (C=O) groups excluding carboxylic acids is 2. The lowest BCUT2D eigenvalue weighted by Gasteiger charge is -2.12. The van der Waals surface area contributed by atoms with Crippen LogP contribution in [0.25, 0.3) is 0 Å². The summed E-state index contributed by atoms with van der Waals surface area (Å²) in [6, 6.07) is -1.09. The van der Waals surface area contributed by atoms with Crippen molar-refractivity contribution in [3.63, 3.8) is 0 Å². The Labute approximate surface area is 172 Å². The molecule has 1 atom stereocenters. The minimum atomic E-state index is -1.09. The molecule has 0 fully saturated rings. The second kappa shape index (κ2) is 21.4. The maximum absolute atomic E-state index is 11.7. The Hall–Kier alpha value is -1.34. The van der Waals surface area contributed by atoms with Crippen LogP contribution >= 0.6 is 0 Å². The first-order valence-electron chi connectivity index (χ1n) is 9.48. The third-order valence-corrected chi connectivity index (χ3v) is 3.26. The van der Waals surface area contributed by atoms with Crippen molar-refractivity contribution in [1.29, 1.82) is 0 Å². The lowest BCUT2D eigenvalue weighted by molar-refractivity contribution is -0.153.